The molecule has 2 heterocycles. The maximum Gasteiger partial charge on any atom is 0.325 e. The fraction of sp³-hybridized carbons (Fsp3) is 0.474. The van der Waals surface area contributed by atoms with E-state index < -0.39 is 0 Å². The smallest absolute Gasteiger partial charge is 0.325 e. The Hall–Kier alpha value is -2.14. The second-order valence-electron chi connectivity index (χ2n) is 6.46. The van der Waals surface area contributed by atoms with Crippen LogP contribution in [0.25, 0.3) is 0 Å². The van der Waals surface area contributed by atoms with E-state index in [1.807, 2.05) is 10.8 Å². The third-order valence-corrected chi connectivity index (χ3v) is 4.86. The first-order valence-electron chi connectivity index (χ1n) is 8.49. The van der Waals surface area contributed by atoms with Crippen LogP contribution in [0.15, 0.2) is 47.8 Å². The van der Waals surface area contributed by atoms with Crippen molar-refractivity contribution in [3.63, 3.8) is 0 Å². The van der Waals surface area contributed by atoms with E-state index in [9.17, 15) is 4.79 Å². The van der Waals surface area contributed by atoms with Gasteiger partial charge in [0.05, 0.1) is 7.11 Å². The number of methoxy groups -OCH3 is 1. The van der Waals surface area contributed by atoms with Crippen molar-refractivity contribution in [1.29, 1.82) is 0 Å². The van der Waals surface area contributed by atoms with Gasteiger partial charge in [-0.3, -0.25) is 4.79 Å². The number of hydrogen-bond donors (Lipinski definition) is 0. The molecule has 0 N–H and O–H groups in total. The first-order chi connectivity index (χ1) is 11.7. The Morgan fingerprint density at radius 2 is 2.12 bits per heavy atom. The topological polar surface area (TPSA) is 47.4 Å². The third-order valence-electron chi connectivity index (χ3n) is 4.86. The van der Waals surface area contributed by atoms with Gasteiger partial charge in [0.15, 0.2) is 0 Å². The molecule has 0 spiro atoms. The average Bonchev–Trinajstić information content (AvgIpc) is 3.03. The highest BCUT2D eigenvalue weighted by atomic mass is 16.5. The fourth-order valence-corrected chi connectivity index (χ4v) is 3.39. The van der Waals surface area contributed by atoms with Crippen LogP contribution < -0.4 is 0 Å². The molecule has 1 fully saturated rings. The molecule has 2 aliphatic rings. The number of rotatable bonds is 4. The normalized spacial score (nSPS) is 21.3. The summed E-state index contributed by atoms with van der Waals surface area (Å²) in [4.78, 5) is 18.4. The van der Waals surface area contributed by atoms with Crippen molar-refractivity contribution in [2.45, 2.75) is 25.8 Å². The number of esters is 1. The van der Waals surface area contributed by atoms with Gasteiger partial charge in [0.2, 0.25) is 0 Å². The van der Waals surface area contributed by atoms with E-state index in [0.717, 1.165) is 38.2 Å². The van der Waals surface area contributed by atoms with E-state index in [-0.39, 0.29) is 12.5 Å². The predicted octanol–water partition coefficient (Wildman–Crippen LogP) is 2.36. The van der Waals surface area contributed by atoms with Crippen molar-refractivity contribution in [3.8, 4) is 0 Å². The van der Waals surface area contributed by atoms with E-state index >= 15 is 0 Å². The summed E-state index contributed by atoms with van der Waals surface area (Å²) in [6.45, 7) is 2.47. The molecular formula is C19H25N3O2. The van der Waals surface area contributed by atoms with Crippen molar-refractivity contribution < 1.29 is 9.53 Å². The number of imidazole rings is 1. The molecule has 0 saturated carbocycles. The van der Waals surface area contributed by atoms with Gasteiger partial charge in [0.1, 0.15) is 12.4 Å². The van der Waals surface area contributed by atoms with E-state index in [4.69, 9.17) is 4.74 Å². The van der Waals surface area contributed by atoms with Gasteiger partial charge in [-0.05, 0) is 25.5 Å². The summed E-state index contributed by atoms with van der Waals surface area (Å²) in [6, 6.07) is 0. The summed E-state index contributed by atoms with van der Waals surface area (Å²) in [7, 11) is 3.59. The maximum absolute atomic E-state index is 11.6. The lowest BCUT2D eigenvalue weighted by Crippen LogP contribution is -2.27. The predicted molar refractivity (Wildman–Crippen MR) is 93.5 cm³/mol. The van der Waals surface area contributed by atoms with Crippen LogP contribution in [0.5, 0.6) is 0 Å². The molecule has 1 aromatic rings. The second-order valence-corrected chi connectivity index (χ2v) is 6.46. The molecule has 5 heteroatoms. The zero-order valence-corrected chi connectivity index (χ0v) is 14.4. The Kier molecular flexibility index (Phi) is 5.30. The molecule has 5 nitrogen and oxygen atoms in total. The lowest BCUT2D eigenvalue weighted by molar-refractivity contribution is -0.141. The van der Waals surface area contributed by atoms with E-state index in [1.54, 1.807) is 11.8 Å². The van der Waals surface area contributed by atoms with Crippen molar-refractivity contribution in [2.75, 3.05) is 27.2 Å². The van der Waals surface area contributed by atoms with Gasteiger partial charge < -0.3 is 14.2 Å². The molecule has 1 aliphatic heterocycles. The van der Waals surface area contributed by atoms with E-state index in [0.29, 0.717) is 5.92 Å². The van der Waals surface area contributed by atoms with Gasteiger partial charge in [-0.15, -0.1) is 0 Å². The number of ether oxygens (including phenoxy) is 1. The van der Waals surface area contributed by atoms with E-state index in [1.165, 1.54) is 12.7 Å². The van der Waals surface area contributed by atoms with Gasteiger partial charge in [-0.25, -0.2) is 4.98 Å². The van der Waals surface area contributed by atoms with E-state index in [2.05, 4.69) is 41.2 Å². The van der Waals surface area contributed by atoms with Gasteiger partial charge in [-0.2, -0.15) is 0 Å². The summed E-state index contributed by atoms with van der Waals surface area (Å²) >= 11 is 0. The molecule has 1 unspecified atom stereocenters. The molecule has 1 saturated heterocycles. The van der Waals surface area contributed by atoms with Crippen LogP contribution in [-0.2, 0) is 22.5 Å². The SMILES string of the molecule is COC(=O)Cn1ccnc1CC1C=CC=CC1=C1CCN(C)CC1. The van der Waals surface area contributed by atoms with Crippen LogP contribution in [0.1, 0.15) is 18.7 Å². The number of likely N-dealkylation sites (tertiary alicyclic amines) is 1. The molecule has 0 amide bonds. The average molecular weight is 327 g/mol. The zero-order chi connectivity index (χ0) is 16.9. The van der Waals surface area contributed by atoms with Gasteiger partial charge in [0, 0.05) is 37.8 Å². The van der Waals surface area contributed by atoms with Gasteiger partial charge in [0.25, 0.3) is 0 Å². The number of aromatic nitrogens is 2. The fourth-order valence-electron chi connectivity index (χ4n) is 3.39. The summed E-state index contributed by atoms with van der Waals surface area (Å²) in [5.74, 6) is 1.01. The van der Waals surface area contributed by atoms with Crippen molar-refractivity contribution in [1.82, 2.24) is 14.5 Å². The second kappa shape index (κ2) is 7.62. The van der Waals surface area contributed by atoms with Gasteiger partial charge in [-0.1, -0.05) is 29.9 Å². The van der Waals surface area contributed by atoms with Crippen LogP contribution in [0.2, 0.25) is 0 Å². The Morgan fingerprint density at radius 3 is 2.88 bits per heavy atom. The number of carbonyl (C=O) groups is 1. The molecule has 1 aromatic heterocycles. The van der Waals surface area contributed by atoms with Crippen LogP contribution in [0, 0.1) is 5.92 Å². The van der Waals surface area contributed by atoms with Crippen LogP contribution >= 0.6 is 0 Å². The molecular weight excluding hydrogens is 302 g/mol. The molecule has 1 atom stereocenters. The number of allylic oxidation sites excluding steroid dienone is 5. The molecule has 0 bridgehead atoms. The monoisotopic (exact) mass is 327 g/mol. The van der Waals surface area contributed by atoms with Crippen LogP contribution in [0.3, 0.4) is 0 Å². The highest BCUT2D eigenvalue weighted by Crippen LogP contribution is 2.30. The van der Waals surface area contributed by atoms with Crippen molar-refractivity contribution in [3.05, 3.63) is 53.7 Å². The van der Waals surface area contributed by atoms with Crippen LogP contribution in [0.4, 0.5) is 0 Å². The highest BCUT2D eigenvalue weighted by Gasteiger charge is 2.21. The number of nitrogens with zero attached hydrogens (tertiary/aromatic N) is 3. The quantitative estimate of drug-likeness (QED) is 0.797. The minimum absolute atomic E-state index is 0.217. The number of piperidine rings is 1. The Morgan fingerprint density at radius 1 is 1.33 bits per heavy atom. The van der Waals surface area contributed by atoms with Crippen molar-refractivity contribution >= 4 is 5.97 Å². The Balaban J connectivity index is 1.77. The molecule has 0 radical (unpaired) electrons. The maximum atomic E-state index is 11.6. The standard InChI is InChI=1S/C19H25N3O2/c1-21-10-7-15(8-11-21)17-6-4-3-5-16(17)13-18-20-9-12-22(18)14-19(23)24-2/h3-6,9,12,16H,7-8,10-11,13-14H2,1-2H3. The number of carbonyl (C=O) groups excluding carboxylic acids is 1. The van der Waals surface area contributed by atoms with Crippen LogP contribution in [-0.4, -0.2) is 47.7 Å². The number of hydrogen-bond acceptors (Lipinski definition) is 4. The summed E-state index contributed by atoms with van der Waals surface area (Å²) < 4.78 is 6.65. The minimum atomic E-state index is -0.248. The lowest BCUT2D eigenvalue weighted by atomic mass is 9.84. The molecule has 3 rings (SSSR count). The third kappa shape index (κ3) is 3.85. The largest absolute Gasteiger partial charge is 0.468 e. The summed E-state index contributed by atoms with van der Waals surface area (Å²) in [6.07, 6.45) is 15.4. The minimum Gasteiger partial charge on any atom is -0.468 e. The molecule has 128 valence electrons. The first-order valence-corrected chi connectivity index (χ1v) is 8.49. The molecule has 24 heavy (non-hydrogen) atoms. The van der Waals surface area contributed by atoms with Gasteiger partial charge >= 0.3 is 5.97 Å². The zero-order valence-electron chi connectivity index (χ0n) is 14.4. The summed E-state index contributed by atoms with van der Waals surface area (Å²) in [5.41, 5.74) is 2.99. The Labute approximate surface area is 143 Å². The molecule has 1 aliphatic carbocycles. The van der Waals surface area contributed by atoms with Crippen molar-refractivity contribution in [2.24, 2.45) is 5.92 Å². The summed E-state index contributed by atoms with van der Waals surface area (Å²) in [5, 5.41) is 0. The highest BCUT2D eigenvalue weighted by molar-refractivity contribution is 5.69. The first kappa shape index (κ1) is 16.7. The molecule has 0 aromatic carbocycles. The Bertz CT molecular complexity index is 675. The lowest BCUT2D eigenvalue weighted by Gasteiger charge is -2.28.